The van der Waals surface area contributed by atoms with E-state index >= 15 is 0 Å². The molecule has 1 amide bonds. The van der Waals surface area contributed by atoms with Crippen LogP contribution >= 0.6 is 11.8 Å². The number of ether oxygens (including phenoxy) is 1. The lowest BCUT2D eigenvalue weighted by Gasteiger charge is -2.37. The lowest BCUT2D eigenvalue weighted by molar-refractivity contribution is -0.122. The predicted molar refractivity (Wildman–Crippen MR) is 117 cm³/mol. The summed E-state index contributed by atoms with van der Waals surface area (Å²) in [6.45, 7) is 1.74. The number of nitrogens with zero attached hydrogens (tertiary/aromatic N) is 1. The second kappa shape index (κ2) is 10.3. The lowest BCUT2D eigenvalue weighted by Crippen LogP contribution is -2.54. The van der Waals surface area contributed by atoms with Gasteiger partial charge in [0, 0.05) is 18.3 Å². The Morgan fingerprint density at radius 1 is 1.27 bits per heavy atom. The largest absolute Gasteiger partial charge is 0.472 e. The predicted octanol–water partition coefficient (Wildman–Crippen LogP) is 3.13. The third-order valence-corrected chi connectivity index (χ3v) is 6.81. The van der Waals surface area contributed by atoms with Crippen molar-refractivity contribution in [2.75, 3.05) is 25.4 Å². The van der Waals surface area contributed by atoms with E-state index in [2.05, 4.69) is 34.5 Å². The van der Waals surface area contributed by atoms with Crippen molar-refractivity contribution in [3.05, 3.63) is 60.1 Å². The van der Waals surface area contributed by atoms with Crippen molar-refractivity contribution in [1.29, 1.82) is 0 Å². The SMILES string of the molecule is O=C(N[C@@H](CCSCc1ccccc1)CN1CCC[C@H]2OCC(=O)[C@H]21)c1ccoc1. The van der Waals surface area contributed by atoms with Crippen molar-refractivity contribution >= 4 is 23.5 Å². The van der Waals surface area contributed by atoms with Gasteiger partial charge in [-0.25, -0.2) is 0 Å². The number of carbonyl (C=O) groups excluding carboxylic acids is 2. The maximum absolute atomic E-state index is 12.6. The zero-order valence-corrected chi connectivity index (χ0v) is 17.8. The lowest BCUT2D eigenvalue weighted by atomic mass is 9.97. The fourth-order valence-electron chi connectivity index (χ4n) is 4.24. The number of amides is 1. The minimum atomic E-state index is -0.163. The summed E-state index contributed by atoms with van der Waals surface area (Å²) >= 11 is 1.86. The third-order valence-electron chi connectivity index (χ3n) is 5.74. The van der Waals surface area contributed by atoms with Crippen LogP contribution in [0.2, 0.25) is 0 Å². The number of furan rings is 1. The molecule has 2 aromatic rings. The van der Waals surface area contributed by atoms with E-state index in [1.165, 1.54) is 18.1 Å². The molecule has 2 saturated heterocycles. The van der Waals surface area contributed by atoms with Gasteiger partial charge in [-0.2, -0.15) is 11.8 Å². The van der Waals surface area contributed by atoms with E-state index in [-0.39, 0.29) is 36.5 Å². The molecular formula is C23H28N2O4S. The summed E-state index contributed by atoms with van der Waals surface area (Å²) < 4.78 is 10.7. The van der Waals surface area contributed by atoms with Gasteiger partial charge < -0.3 is 14.5 Å². The number of hydrogen-bond donors (Lipinski definition) is 1. The van der Waals surface area contributed by atoms with Gasteiger partial charge in [0.05, 0.1) is 24.0 Å². The van der Waals surface area contributed by atoms with Crippen molar-refractivity contribution in [3.8, 4) is 0 Å². The normalized spacial score (nSPS) is 22.6. The van der Waals surface area contributed by atoms with Gasteiger partial charge in [-0.3, -0.25) is 14.5 Å². The third kappa shape index (κ3) is 5.33. The number of rotatable bonds is 9. The first kappa shape index (κ1) is 21.2. The molecule has 1 aromatic carbocycles. The quantitative estimate of drug-likeness (QED) is 0.619. The van der Waals surface area contributed by atoms with Gasteiger partial charge in [0.1, 0.15) is 12.9 Å². The van der Waals surface area contributed by atoms with E-state index in [4.69, 9.17) is 9.15 Å². The van der Waals surface area contributed by atoms with Gasteiger partial charge in [-0.05, 0) is 43.2 Å². The molecule has 1 N–H and O–H groups in total. The first-order valence-electron chi connectivity index (χ1n) is 10.5. The number of Topliss-reactive ketones (excluding diaryl/α,β-unsaturated/α-hetero) is 1. The zero-order valence-electron chi connectivity index (χ0n) is 17.0. The fraction of sp³-hybridized carbons (Fsp3) is 0.478. The van der Waals surface area contributed by atoms with Gasteiger partial charge in [-0.15, -0.1) is 0 Å². The van der Waals surface area contributed by atoms with Crippen molar-refractivity contribution in [3.63, 3.8) is 0 Å². The minimum Gasteiger partial charge on any atom is -0.472 e. The molecule has 3 atom stereocenters. The topological polar surface area (TPSA) is 71.8 Å². The molecule has 2 fully saturated rings. The number of fused-ring (bicyclic) bond motifs is 1. The van der Waals surface area contributed by atoms with Gasteiger partial charge >= 0.3 is 0 Å². The average molecular weight is 429 g/mol. The first-order chi connectivity index (χ1) is 14.7. The molecule has 30 heavy (non-hydrogen) atoms. The van der Waals surface area contributed by atoms with Crippen LogP contribution < -0.4 is 5.32 Å². The Labute approximate surface area is 181 Å². The second-order valence-corrected chi connectivity index (χ2v) is 9.01. The van der Waals surface area contributed by atoms with Gasteiger partial charge in [0.25, 0.3) is 5.91 Å². The van der Waals surface area contributed by atoms with Gasteiger partial charge in [0.2, 0.25) is 0 Å². The number of thioether (sulfide) groups is 1. The molecule has 160 valence electrons. The summed E-state index contributed by atoms with van der Waals surface area (Å²) in [5.74, 6) is 1.91. The van der Waals surface area contributed by atoms with E-state index in [1.807, 2.05) is 17.8 Å². The van der Waals surface area contributed by atoms with Crippen LogP contribution in [0.25, 0.3) is 0 Å². The summed E-state index contributed by atoms with van der Waals surface area (Å²) in [6.07, 6.45) is 5.75. The molecule has 0 bridgehead atoms. The van der Waals surface area contributed by atoms with Gasteiger partial charge in [-0.1, -0.05) is 30.3 Å². The van der Waals surface area contributed by atoms with Crippen LogP contribution in [0.15, 0.2) is 53.3 Å². The Kier molecular flexibility index (Phi) is 7.25. The molecule has 3 heterocycles. The molecular weight excluding hydrogens is 400 g/mol. The van der Waals surface area contributed by atoms with Crippen molar-refractivity contribution in [2.45, 2.75) is 43.2 Å². The van der Waals surface area contributed by atoms with Crippen LogP contribution in [0.4, 0.5) is 0 Å². The highest BCUT2D eigenvalue weighted by molar-refractivity contribution is 7.98. The van der Waals surface area contributed by atoms with E-state index in [0.717, 1.165) is 37.3 Å². The summed E-state index contributed by atoms with van der Waals surface area (Å²) in [5, 5.41) is 3.15. The second-order valence-electron chi connectivity index (χ2n) is 7.91. The van der Waals surface area contributed by atoms with E-state index in [9.17, 15) is 9.59 Å². The Bertz CT molecular complexity index is 827. The molecule has 6 nitrogen and oxygen atoms in total. The Morgan fingerprint density at radius 2 is 2.13 bits per heavy atom. The summed E-state index contributed by atoms with van der Waals surface area (Å²) in [6, 6.07) is 11.9. The Morgan fingerprint density at radius 3 is 2.93 bits per heavy atom. The number of likely N-dealkylation sites (tertiary alicyclic amines) is 1. The number of nitrogens with one attached hydrogen (secondary N) is 1. The van der Waals surface area contributed by atoms with Crippen LogP contribution in [-0.4, -0.2) is 60.2 Å². The van der Waals surface area contributed by atoms with Crippen LogP contribution in [0, 0.1) is 0 Å². The van der Waals surface area contributed by atoms with Crippen LogP contribution in [0.5, 0.6) is 0 Å². The van der Waals surface area contributed by atoms with Gasteiger partial charge in [0.15, 0.2) is 5.78 Å². The van der Waals surface area contributed by atoms with Crippen LogP contribution in [0.1, 0.15) is 35.2 Å². The highest BCUT2D eigenvalue weighted by Gasteiger charge is 2.42. The monoisotopic (exact) mass is 428 g/mol. The standard InChI is InChI=1S/C23H28N2O4S/c26-20-15-29-21-7-4-10-25(22(20)21)13-19(24-23(27)18-8-11-28-14-18)9-12-30-16-17-5-2-1-3-6-17/h1-3,5-6,8,11,14,19,21-22H,4,7,9-10,12-13,15-16H2,(H,24,27)/t19-,21+,22+/m0/s1. The number of hydrogen-bond acceptors (Lipinski definition) is 6. The van der Waals surface area contributed by atoms with Crippen molar-refractivity contribution < 1.29 is 18.7 Å². The molecule has 0 aliphatic carbocycles. The molecule has 0 radical (unpaired) electrons. The Balaban J connectivity index is 1.36. The minimum absolute atomic E-state index is 0.00364. The van der Waals surface area contributed by atoms with Crippen molar-refractivity contribution in [1.82, 2.24) is 10.2 Å². The van der Waals surface area contributed by atoms with Crippen LogP contribution in [0.3, 0.4) is 0 Å². The number of piperidine rings is 1. The molecule has 7 heteroatoms. The highest BCUT2D eigenvalue weighted by Crippen LogP contribution is 2.27. The molecule has 2 aliphatic rings. The molecule has 2 aliphatic heterocycles. The molecule has 4 rings (SSSR count). The van der Waals surface area contributed by atoms with E-state index in [0.29, 0.717) is 12.1 Å². The summed E-state index contributed by atoms with van der Waals surface area (Å²) in [7, 11) is 0. The maximum atomic E-state index is 12.6. The zero-order chi connectivity index (χ0) is 20.8. The highest BCUT2D eigenvalue weighted by atomic mass is 32.2. The number of ketones is 1. The van der Waals surface area contributed by atoms with Crippen molar-refractivity contribution in [2.24, 2.45) is 0 Å². The summed E-state index contributed by atoms with van der Waals surface area (Å²) in [5.41, 5.74) is 1.82. The number of benzene rings is 1. The van der Waals surface area contributed by atoms with E-state index < -0.39 is 0 Å². The maximum Gasteiger partial charge on any atom is 0.254 e. The Hall–Kier alpha value is -2.09. The molecule has 0 saturated carbocycles. The average Bonchev–Trinajstić information content (AvgIpc) is 3.43. The van der Waals surface area contributed by atoms with E-state index in [1.54, 1.807) is 6.07 Å². The summed E-state index contributed by atoms with van der Waals surface area (Å²) in [4.78, 5) is 27.2. The molecule has 0 spiro atoms. The molecule has 0 unspecified atom stereocenters. The smallest absolute Gasteiger partial charge is 0.254 e. The number of carbonyl (C=O) groups is 2. The fourth-order valence-corrected chi connectivity index (χ4v) is 5.26. The van der Waals surface area contributed by atoms with Crippen LogP contribution in [-0.2, 0) is 15.3 Å². The first-order valence-corrected chi connectivity index (χ1v) is 11.7. The molecule has 1 aromatic heterocycles.